The number of piperidine rings is 1. The molecule has 20 heavy (non-hydrogen) atoms. The fourth-order valence-corrected chi connectivity index (χ4v) is 3.22. The van der Waals surface area contributed by atoms with Crippen LogP contribution in [-0.2, 0) is 0 Å². The number of hydrogen-bond acceptors (Lipinski definition) is 3. The first kappa shape index (κ1) is 13.7. The molecular formula is C16H20BrN3. The maximum Gasteiger partial charge on any atom is 0.0745 e. The van der Waals surface area contributed by atoms with E-state index in [-0.39, 0.29) is 0 Å². The van der Waals surface area contributed by atoms with Crippen LogP contribution in [0.2, 0.25) is 0 Å². The zero-order chi connectivity index (χ0) is 14.3. The van der Waals surface area contributed by atoms with Crippen molar-refractivity contribution in [2.45, 2.75) is 26.7 Å². The highest BCUT2D eigenvalue weighted by atomic mass is 79.9. The van der Waals surface area contributed by atoms with E-state index in [4.69, 9.17) is 5.73 Å². The Morgan fingerprint density at radius 2 is 1.95 bits per heavy atom. The largest absolute Gasteiger partial charge is 0.396 e. The van der Waals surface area contributed by atoms with Gasteiger partial charge in [0.25, 0.3) is 0 Å². The maximum absolute atomic E-state index is 6.22. The Kier molecular flexibility index (Phi) is 3.36. The van der Waals surface area contributed by atoms with Crippen molar-refractivity contribution in [1.82, 2.24) is 4.98 Å². The highest BCUT2D eigenvalue weighted by Gasteiger charge is 2.27. The molecule has 1 saturated heterocycles. The van der Waals surface area contributed by atoms with Gasteiger partial charge in [-0.25, -0.2) is 0 Å². The van der Waals surface area contributed by atoms with Crippen molar-refractivity contribution in [3.8, 4) is 0 Å². The van der Waals surface area contributed by atoms with Gasteiger partial charge in [0, 0.05) is 22.9 Å². The fraction of sp³-hybridized carbons (Fsp3) is 0.438. The molecule has 2 aromatic rings. The quantitative estimate of drug-likeness (QED) is 0.850. The lowest BCUT2D eigenvalue weighted by Gasteiger charge is -2.39. The van der Waals surface area contributed by atoms with Crippen LogP contribution in [0, 0.1) is 5.41 Å². The molecule has 1 aliphatic rings. The number of nitrogen functional groups attached to an aromatic ring is 1. The maximum atomic E-state index is 6.22. The Labute approximate surface area is 128 Å². The number of anilines is 2. The third-order valence-corrected chi connectivity index (χ3v) is 4.76. The van der Waals surface area contributed by atoms with Crippen LogP contribution in [0.25, 0.3) is 10.9 Å². The molecule has 4 heteroatoms. The molecule has 1 aromatic carbocycles. The lowest BCUT2D eigenvalue weighted by atomic mass is 9.82. The van der Waals surface area contributed by atoms with Crippen LogP contribution in [0.1, 0.15) is 26.7 Å². The number of fused-ring (bicyclic) bond motifs is 1. The van der Waals surface area contributed by atoms with Crippen LogP contribution in [0.5, 0.6) is 0 Å². The minimum Gasteiger partial charge on any atom is -0.396 e. The first-order valence-electron chi connectivity index (χ1n) is 7.05. The zero-order valence-electron chi connectivity index (χ0n) is 12.0. The van der Waals surface area contributed by atoms with Crippen LogP contribution in [0.4, 0.5) is 11.4 Å². The van der Waals surface area contributed by atoms with E-state index in [1.165, 1.54) is 12.8 Å². The molecule has 0 amide bonds. The van der Waals surface area contributed by atoms with Crippen LogP contribution in [0.15, 0.2) is 28.9 Å². The molecule has 2 N–H and O–H groups in total. The molecular weight excluding hydrogens is 314 g/mol. The lowest BCUT2D eigenvalue weighted by molar-refractivity contribution is 0.280. The van der Waals surface area contributed by atoms with E-state index in [1.54, 1.807) is 6.20 Å². The highest BCUT2D eigenvalue weighted by Crippen LogP contribution is 2.38. The lowest BCUT2D eigenvalue weighted by Crippen LogP contribution is -2.37. The van der Waals surface area contributed by atoms with E-state index >= 15 is 0 Å². The first-order valence-corrected chi connectivity index (χ1v) is 7.84. The normalized spacial score (nSPS) is 18.4. The molecule has 0 unspecified atom stereocenters. The third kappa shape index (κ3) is 2.49. The van der Waals surface area contributed by atoms with Gasteiger partial charge < -0.3 is 10.6 Å². The summed E-state index contributed by atoms with van der Waals surface area (Å²) in [5, 5.41) is 1.14. The monoisotopic (exact) mass is 333 g/mol. The molecule has 1 aromatic heterocycles. The number of pyridine rings is 1. The molecule has 3 rings (SSSR count). The van der Waals surface area contributed by atoms with Crippen LogP contribution in [-0.4, -0.2) is 18.1 Å². The molecule has 0 saturated carbocycles. The predicted molar refractivity (Wildman–Crippen MR) is 89.1 cm³/mol. The number of hydrogen-bond donors (Lipinski definition) is 1. The van der Waals surface area contributed by atoms with E-state index in [0.717, 1.165) is 39.8 Å². The Balaban J connectivity index is 2.06. The molecule has 1 aliphatic heterocycles. The second kappa shape index (κ2) is 4.92. The number of benzene rings is 1. The average Bonchev–Trinajstić information content (AvgIpc) is 2.39. The Morgan fingerprint density at radius 3 is 2.65 bits per heavy atom. The van der Waals surface area contributed by atoms with Crippen LogP contribution in [0.3, 0.4) is 0 Å². The topological polar surface area (TPSA) is 42.1 Å². The van der Waals surface area contributed by atoms with Crippen molar-refractivity contribution in [3.63, 3.8) is 0 Å². The highest BCUT2D eigenvalue weighted by molar-refractivity contribution is 9.10. The fourth-order valence-electron chi connectivity index (χ4n) is 2.85. The first-order chi connectivity index (χ1) is 9.46. The van der Waals surface area contributed by atoms with E-state index in [9.17, 15) is 0 Å². The minimum atomic E-state index is 0.439. The van der Waals surface area contributed by atoms with Crippen molar-refractivity contribution in [3.05, 3.63) is 28.9 Å². The van der Waals surface area contributed by atoms with Gasteiger partial charge in [-0.2, -0.15) is 0 Å². The van der Waals surface area contributed by atoms with E-state index in [2.05, 4.69) is 45.7 Å². The van der Waals surface area contributed by atoms with Crippen molar-refractivity contribution in [1.29, 1.82) is 0 Å². The van der Waals surface area contributed by atoms with Crippen LogP contribution >= 0.6 is 15.9 Å². The van der Waals surface area contributed by atoms with Gasteiger partial charge >= 0.3 is 0 Å². The summed E-state index contributed by atoms with van der Waals surface area (Å²) in [6, 6.07) is 6.18. The summed E-state index contributed by atoms with van der Waals surface area (Å²) in [4.78, 5) is 6.85. The summed E-state index contributed by atoms with van der Waals surface area (Å²) in [6.07, 6.45) is 4.18. The van der Waals surface area contributed by atoms with Crippen molar-refractivity contribution < 1.29 is 0 Å². The Morgan fingerprint density at radius 1 is 1.25 bits per heavy atom. The van der Waals surface area contributed by atoms with Crippen LogP contribution < -0.4 is 10.6 Å². The zero-order valence-corrected chi connectivity index (χ0v) is 13.6. The Bertz CT molecular complexity index is 636. The van der Waals surface area contributed by atoms with Gasteiger partial charge in [0.1, 0.15) is 0 Å². The summed E-state index contributed by atoms with van der Waals surface area (Å²) < 4.78 is 1.07. The molecule has 106 valence electrons. The molecule has 0 radical (unpaired) electrons. The molecule has 0 bridgehead atoms. The van der Waals surface area contributed by atoms with Crippen molar-refractivity contribution in [2.24, 2.45) is 5.41 Å². The number of nitrogens with zero attached hydrogens (tertiary/aromatic N) is 2. The molecule has 1 fully saturated rings. The van der Waals surface area contributed by atoms with Gasteiger partial charge in [-0.05, 0) is 36.5 Å². The van der Waals surface area contributed by atoms with Crippen molar-refractivity contribution >= 4 is 38.2 Å². The summed E-state index contributed by atoms with van der Waals surface area (Å²) >= 11 is 3.55. The van der Waals surface area contributed by atoms with Gasteiger partial charge in [-0.1, -0.05) is 29.8 Å². The molecule has 0 aliphatic carbocycles. The number of rotatable bonds is 1. The Hall–Kier alpha value is -1.29. The molecule has 2 heterocycles. The van der Waals surface area contributed by atoms with Gasteiger partial charge in [0.2, 0.25) is 0 Å². The van der Waals surface area contributed by atoms with Gasteiger partial charge in [0.15, 0.2) is 0 Å². The average molecular weight is 334 g/mol. The van der Waals surface area contributed by atoms with Gasteiger partial charge in [-0.3, -0.25) is 4.98 Å². The van der Waals surface area contributed by atoms with Gasteiger partial charge in [0.05, 0.1) is 23.1 Å². The summed E-state index contributed by atoms with van der Waals surface area (Å²) in [5.74, 6) is 0. The summed E-state index contributed by atoms with van der Waals surface area (Å²) in [6.45, 7) is 6.80. The second-order valence-corrected chi connectivity index (χ2v) is 7.29. The van der Waals surface area contributed by atoms with Gasteiger partial charge in [-0.15, -0.1) is 0 Å². The summed E-state index contributed by atoms with van der Waals surface area (Å²) in [5.41, 5.74) is 9.58. The predicted octanol–water partition coefficient (Wildman–Crippen LogP) is 4.21. The minimum absolute atomic E-state index is 0.439. The second-order valence-electron chi connectivity index (χ2n) is 6.37. The standard InChI is InChI=1S/C16H20BrN3/c1-16(2)5-7-20(8-6-16)15-12-9-11(17)3-4-14(12)19-10-13(15)18/h3-4,9-10H,5-8,18H2,1-2H3. The van der Waals surface area contributed by atoms with Crippen molar-refractivity contribution in [2.75, 3.05) is 23.7 Å². The summed E-state index contributed by atoms with van der Waals surface area (Å²) in [7, 11) is 0. The number of halogens is 1. The molecule has 3 nitrogen and oxygen atoms in total. The third-order valence-electron chi connectivity index (χ3n) is 4.26. The van der Waals surface area contributed by atoms with E-state index < -0.39 is 0 Å². The number of aromatic nitrogens is 1. The van der Waals surface area contributed by atoms with E-state index in [0.29, 0.717) is 5.41 Å². The van der Waals surface area contributed by atoms with E-state index in [1.807, 2.05) is 12.1 Å². The smallest absolute Gasteiger partial charge is 0.0745 e. The SMILES string of the molecule is CC1(C)CCN(c2c(N)cnc3ccc(Br)cc23)CC1. The number of nitrogens with two attached hydrogens (primary N) is 1. The molecule has 0 spiro atoms. The molecule has 0 atom stereocenters.